The molecule has 0 aliphatic carbocycles. The molecular formula is C17H16ClN3O4. The topological polar surface area (TPSA) is 81.6 Å². The molecule has 1 aliphatic heterocycles. The number of amides is 1. The first-order chi connectivity index (χ1) is 12.0. The first-order valence-corrected chi connectivity index (χ1v) is 8.11. The summed E-state index contributed by atoms with van der Waals surface area (Å²) in [5.74, 6) is -0.0907. The lowest BCUT2D eigenvalue weighted by Gasteiger charge is -2.17. The SMILES string of the molecule is CC(=O)Oc1ccc(C(=O)N2CC[C@@H](Oc3ncc(Cl)cn3)C2)cc1. The lowest BCUT2D eigenvalue weighted by molar-refractivity contribution is -0.131. The van der Waals surface area contributed by atoms with Crippen molar-refractivity contribution in [1.29, 1.82) is 0 Å². The maximum atomic E-state index is 12.5. The van der Waals surface area contributed by atoms with E-state index in [9.17, 15) is 9.59 Å². The number of benzene rings is 1. The summed E-state index contributed by atoms with van der Waals surface area (Å²) in [5.41, 5.74) is 0.527. The Balaban J connectivity index is 1.58. The number of nitrogens with zero attached hydrogens (tertiary/aromatic N) is 3. The second-order valence-corrected chi connectivity index (χ2v) is 6.02. The van der Waals surface area contributed by atoms with Gasteiger partial charge in [-0.1, -0.05) is 11.6 Å². The van der Waals surface area contributed by atoms with E-state index >= 15 is 0 Å². The summed E-state index contributed by atoms with van der Waals surface area (Å²) < 4.78 is 10.6. The van der Waals surface area contributed by atoms with E-state index in [1.807, 2.05) is 0 Å². The molecule has 8 heteroatoms. The van der Waals surface area contributed by atoms with Gasteiger partial charge in [0.2, 0.25) is 0 Å². The van der Waals surface area contributed by atoms with Gasteiger partial charge in [0.05, 0.1) is 24.0 Å². The van der Waals surface area contributed by atoms with Crippen molar-refractivity contribution >= 4 is 23.5 Å². The summed E-state index contributed by atoms with van der Waals surface area (Å²) >= 11 is 5.74. The average Bonchev–Trinajstić information content (AvgIpc) is 3.05. The van der Waals surface area contributed by atoms with Crippen molar-refractivity contribution in [3.05, 3.63) is 47.2 Å². The van der Waals surface area contributed by atoms with Crippen LogP contribution < -0.4 is 9.47 Å². The van der Waals surface area contributed by atoms with E-state index in [2.05, 4.69) is 9.97 Å². The lowest BCUT2D eigenvalue weighted by atomic mass is 10.2. The molecule has 3 rings (SSSR count). The Kier molecular flexibility index (Phi) is 5.14. The molecule has 0 N–H and O–H groups in total. The van der Waals surface area contributed by atoms with Gasteiger partial charge in [-0.05, 0) is 24.3 Å². The molecule has 7 nitrogen and oxygen atoms in total. The molecule has 1 aromatic carbocycles. The number of aromatic nitrogens is 2. The van der Waals surface area contributed by atoms with Crippen LogP contribution in [0.4, 0.5) is 0 Å². The zero-order valence-electron chi connectivity index (χ0n) is 13.5. The number of hydrogen-bond acceptors (Lipinski definition) is 6. The number of hydrogen-bond donors (Lipinski definition) is 0. The van der Waals surface area contributed by atoms with Crippen LogP contribution in [-0.4, -0.2) is 45.9 Å². The smallest absolute Gasteiger partial charge is 0.316 e. The van der Waals surface area contributed by atoms with Crippen LogP contribution in [-0.2, 0) is 4.79 Å². The van der Waals surface area contributed by atoms with Crippen molar-refractivity contribution in [2.24, 2.45) is 0 Å². The van der Waals surface area contributed by atoms with Gasteiger partial charge in [-0.2, -0.15) is 0 Å². The summed E-state index contributed by atoms with van der Waals surface area (Å²) in [6.07, 6.45) is 3.47. The Bertz CT molecular complexity index is 764. The zero-order chi connectivity index (χ0) is 17.8. The van der Waals surface area contributed by atoms with Crippen molar-refractivity contribution in [1.82, 2.24) is 14.9 Å². The molecule has 2 heterocycles. The fraction of sp³-hybridized carbons (Fsp3) is 0.294. The first-order valence-electron chi connectivity index (χ1n) is 7.73. The van der Waals surface area contributed by atoms with E-state index in [1.165, 1.54) is 19.3 Å². The third-order valence-electron chi connectivity index (χ3n) is 3.66. The highest BCUT2D eigenvalue weighted by Gasteiger charge is 2.28. The molecule has 0 bridgehead atoms. The monoisotopic (exact) mass is 361 g/mol. The Morgan fingerprint density at radius 1 is 1.20 bits per heavy atom. The van der Waals surface area contributed by atoms with Crippen molar-refractivity contribution in [3.63, 3.8) is 0 Å². The van der Waals surface area contributed by atoms with Gasteiger partial charge in [-0.25, -0.2) is 9.97 Å². The highest BCUT2D eigenvalue weighted by atomic mass is 35.5. The number of likely N-dealkylation sites (tertiary alicyclic amines) is 1. The third kappa shape index (κ3) is 4.45. The zero-order valence-corrected chi connectivity index (χ0v) is 14.3. The van der Waals surface area contributed by atoms with Gasteiger partial charge in [-0.15, -0.1) is 0 Å². The number of esters is 1. The molecule has 1 aromatic heterocycles. The Hall–Kier alpha value is -2.67. The van der Waals surface area contributed by atoms with Crippen LogP contribution in [0.2, 0.25) is 5.02 Å². The van der Waals surface area contributed by atoms with E-state index in [1.54, 1.807) is 29.2 Å². The van der Waals surface area contributed by atoms with E-state index in [0.717, 1.165) is 0 Å². The number of ether oxygens (including phenoxy) is 2. The quantitative estimate of drug-likeness (QED) is 0.614. The molecule has 0 saturated carbocycles. The fourth-order valence-electron chi connectivity index (χ4n) is 2.53. The van der Waals surface area contributed by atoms with Gasteiger partial charge in [0, 0.05) is 25.5 Å². The summed E-state index contributed by atoms with van der Waals surface area (Å²) in [5, 5.41) is 0.438. The summed E-state index contributed by atoms with van der Waals surface area (Å²) in [7, 11) is 0. The molecule has 1 atom stereocenters. The van der Waals surface area contributed by atoms with Gasteiger partial charge in [-0.3, -0.25) is 9.59 Å². The van der Waals surface area contributed by atoms with Gasteiger partial charge < -0.3 is 14.4 Å². The van der Waals surface area contributed by atoms with Gasteiger partial charge in [0.1, 0.15) is 11.9 Å². The van der Waals surface area contributed by atoms with Crippen molar-refractivity contribution in [2.75, 3.05) is 13.1 Å². The largest absolute Gasteiger partial charge is 0.458 e. The van der Waals surface area contributed by atoms with Gasteiger partial charge >= 0.3 is 12.0 Å². The molecule has 0 unspecified atom stereocenters. The third-order valence-corrected chi connectivity index (χ3v) is 3.86. The van der Waals surface area contributed by atoms with Crippen LogP contribution in [0.5, 0.6) is 11.8 Å². The minimum absolute atomic E-state index is 0.0995. The van der Waals surface area contributed by atoms with Crippen LogP contribution in [0.1, 0.15) is 23.7 Å². The molecule has 1 fully saturated rings. The van der Waals surface area contributed by atoms with Crippen molar-refractivity contribution in [2.45, 2.75) is 19.4 Å². The van der Waals surface area contributed by atoms with Crippen LogP contribution in [0.15, 0.2) is 36.7 Å². The van der Waals surface area contributed by atoms with E-state index in [4.69, 9.17) is 21.1 Å². The van der Waals surface area contributed by atoms with Crippen LogP contribution in [0.3, 0.4) is 0 Å². The molecule has 1 saturated heterocycles. The fourth-order valence-corrected chi connectivity index (χ4v) is 2.63. The molecule has 2 aromatic rings. The summed E-state index contributed by atoms with van der Waals surface area (Å²) in [6.45, 7) is 2.37. The molecule has 1 amide bonds. The highest BCUT2D eigenvalue weighted by Crippen LogP contribution is 2.19. The maximum absolute atomic E-state index is 12.5. The minimum atomic E-state index is -0.400. The molecular weight excluding hydrogens is 346 g/mol. The summed E-state index contributed by atoms with van der Waals surface area (Å²) in [6, 6.07) is 6.71. The molecule has 0 radical (unpaired) electrons. The number of halogens is 1. The van der Waals surface area contributed by atoms with Crippen LogP contribution in [0.25, 0.3) is 0 Å². The van der Waals surface area contributed by atoms with Gasteiger partial charge in [0.25, 0.3) is 5.91 Å². The Morgan fingerprint density at radius 2 is 1.88 bits per heavy atom. The minimum Gasteiger partial charge on any atom is -0.458 e. The van der Waals surface area contributed by atoms with Gasteiger partial charge in [0.15, 0.2) is 0 Å². The number of carbonyl (C=O) groups is 2. The highest BCUT2D eigenvalue weighted by molar-refractivity contribution is 6.30. The number of carbonyl (C=O) groups excluding carboxylic acids is 2. The van der Waals surface area contributed by atoms with Crippen LogP contribution >= 0.6 is 11.6 Å². The number of rotatable bonds is 4. The van der Waals surface area contributed by atoms with Crippen LogP contribution in [0, 0.1) is 0 Å². The van der Waals surface area contributed by atoms with E-state index in [-0.39, 0.29) is 18.0 Å². The Morgan fingerprint density at radius 3 is 2.52 bits per heavy atom. The van der Waals surface area contributed by atoms with Crippen molar-refractivity contribution in [3.8, 4) is 11.8 Å². The van der Waals surface area contributed by atoms with E-state index in [0.29, 0.717) is 35.8 Å². The normalized spacial score (nSPS) is 16.6. The Labute approximate surface area is 149 Å². The van der Waals surface area contributed by atoms with Crippen molar-refractivity contribution < 1.29 is 19.1 Å². The second kappa shape index (κ2) is 7.48. The molecule has 0 spiro atoms. The lowest BCUT2D eigenvalue weighted by Crippen LogP contribution is -2.31. The second-order valence-electron chi connectivity index (χ2n) is 5.58. The average molecular weight is 362 g/mol. The maximum Gasteiger partial charge on any atom is 0.316 e. The molecule has 1 aliphatic rings. The summed E-state index contributed by atoms with van der Waals surface area (Å²) in [4.78, 5) is 33.1. The first kappa shape index (κ1) is 17.2. The predicted molar refractivity (Wildman–Crippen MR) is 89.7 cm³/mol. The molecule has 130 valence electrons. The standard InChI is InChI=1S/C17H16ClN3O4/c1-11(22)24-14-4-2-12(3-5-14)16(23)21-7-6-15(10-21)25-17-19-8-13(18)9-20-17/h2-5,8-9,15H,6-7,10H2,1H3/t15-/m1/s1. The molecule has 25 heavy (non-hydrogen) atoms. The predicted octanol–water partition coefficient (Wildman–Crippen LogP) is 2.35. The van der Waals surface area contributed by atoms with E-state index < -0.39 is 5.97 Å².